The van der Waals surface area contributed by atoms with Crippen molar-refractivity contribution in [1.82, 2.24) is 20.1 Å². The third-order valence-electron chi connectivity index (χ3n) is 2.87. The number of aryl methyl sites for hydroxylation is 1. The molecular formula is C12H23N5OS. The zero-order chi connectivity index (χ0) is 14.5. The summed E-state index contributed by atoms with van der Waals surface area (Å²) in [6.07, 6.45) is 3.28. The number of hydrogen-bond donors (Lipinski definition) is 2. The van der Waals surface area contributed by atoms with Gasteiger partial charge in [0.15, 0.2) is 5.16 Å². The molecule has 0 fully saturated rings. The van der Waals surface area contributed by atoms with Crippen molar-refractivity contribution in [1.29, 1.82) is 0 Å². The minimum atomic E-state index is -0.644. The number of nitrogens with zero attached hydrogens (tertiary/aromatic N) is 3. The summed E-state index contributed by atoms with van der Waals surface area (Å²) in [7, 11) is 1.91. The SMILES string of the molecule is CC(C)NC(C)(CCCSc1nncn1C)C(N)=O. The van der Waals surface area contributed by atoms with E-state index >= 15 is 0 Å². The van der Waals surface area contributed by atoms with Gasteiger partial charge in [0.2, 0.25) is 5.91 Å². The number of hydrogen-bond acceptors (Lipinski definition) is 5. The van der Waals surface area contributed by atoms with Crippen LogP contribution in [-0.2, 0) is 11.8 Å². The van der Waals surface area contributed by atoms with Gasteiger partial charge in [-0.05, 0) is 33.6 Å². The predicted molar refractivity (Wildman–Crippen MR) is 76.8 cm³/mol. The molecule has 1 aromatic rings. The predicted octanol–water partition coefficient (Wildman–Crippen LogP) is 0.929. The van der Waals surface area contributed by atoms with E-state index in [9.17, 15) is 4.79 Å². The maximum absolute atomic E-state index is 11.6. The topological polar surface area (TPSA) is 85.8 Å². The largest absolute Gasteiger partial charge is 0.368 e. The van der Waals surface area contributed by atoms with Gasteiger partial charge < -0.3 is 15.6 Å². The Morgan fingerprint density at radius 3 is 2.79 bits per heavy atom. The molecule has 0 saturated carbocycles. The minimum Gasteiger partial charge on any atom is -0.368 e. The molecule has 1 atom stereocenters. The van der Waals surface area contributed by atoms with Gasteiger partial charge in [0, 0.05) is 18.8 Å². The van der Waals surface area contributed by atoms with Crippen molar-refractivity contribution in [2.75, 3.05) is 5.75 Å². The third-order valence-corrected chi connectivity index (χ3v) is 3.99. The van der Waals surface area contributed by atoms with E-state index in [-0.39, 0.29) is 11.9 Å². The van der Waals surface area contributed by atoms with E-state index in [1.807, 2.05) is 32.4 Å². The van der Waals surface area contributed by atoms with Crippen LogP contribution in [0.25, 0.3) is 0 Å². The molecule has 19 heavy (non-hydrogen) atoms. The number of nitrogens with one attached hydrogen (secondary N) is 1. The fraction of sp³-hybridized carbons (Fsp3) is 0.750. The van der Waals surface area contributed by atoms with Crippen LogP contribution < -0.4 is 11.1 Å². The molecule has 0 radical (unpaired) electrons. The van der Waals surface area contributed by atoms with Crippen LogP contribution in [0.5, 0.6) is 0 Å². The first kappa shape index (κ1) is 16.0. The number of carbonyl (C=O) groups is 1. The van der Waals surface area contributed by atoms with Gasteiger partial charge in [-0.2, -0.15) is 0 Å². The summed E-state index contributed by atoms with van der Waals surface area (Å²) in [4.78, 5) is 11.6. The molecule has 108 valence electrons. The Kier molecular flexibility index (Phi) is 5.81. The van der Waals surface area contributed by atoms with Gasteiger partial charge in [0.1, 0.15) is 6.33 Å². The zero-order valence-electron chi connectivity index (χ0n) is 12.0. The van der Waals surface area contributed by atoms with Crippen LogP contribution in [0.1, 0.15) is 33.6 Å². The van der Waals surface area contributed by atoms with E-state index < -0.39 is 5.54 Å². The third kappa shape index (κ3) is 4.83. The summed E-state index contributed by atoms with van der Waals surface area (Å²) in [5.74, 6) is 0.583. The van der Waals surface area contributed by atoms with Gasteiger partial charge in [-0.25, -0.2) is 0 Å². The Bertz CT molecular complexity index is 420. The second kappa shape index (κ2) is 6.91. The van der Waals surface area contributed by atoms with Crippen LogP contribution in [-0.4, -0.2) is 38.0 Å². The lowest BCUT2D eigenvalue weighted by Crippen LogP contribution is -2.55. The maximum Gasteiger partial charge on any atom is 0.237 e. The summed E-state index contributed by atoms with van der Waals surface area (Å²) in [6, 6.07) is 0.226. The number of nitrogens with two attached hydrogens (primary N) is 1. The molecule has 1 heterocycles. The summed E-state index contributed by atoms with van der Waals surface area (Å²) in [5.41, 5.74) is 4.84. The summed E-state index contributed by atoms with van der Waals surface area (Å²) < 4.78 is 1.88. The van der Waals surface area contributed by atoms with Crippen molar-refractivity contribution in [3.63, 3.8) is 0 Å². The maximum atomic E-state index is 11.6. The highest BCUT2D eigenvalue weighted by atomic mass is 32.2. The quantitative estimate of drug-likeness (QED) is 0.548. The van der Waals surface area contributed by atoms with Crippen molar-refractivity contribution in [2.45, 2.75) is 50.4 Å². The standard InChI is InChI=1S/C12H23N5OS/c1-9(2)15-12(3,10(13)18)6-5-7-19-11-16-14-8-17(11)4/h8-9,15H,5-7H2,1-4H3,(H2,13,18). The van der Waals surface area contributed by atoms with Crippen molar-refractivity contribution >= 4 is 17.7 Å². The molecular weight excluding hydrogens is 262 g/mol. The highest BCUT2D eigenvalue weighted by molar-refractivity contribution is 7.99. The first-order valence-corrected chi connectivity index (χ1v) is 7.38. The van der Waals surface area contributed by atoms with Crippen LogP contribution in [0.2, 0.25) is 0 Å². The number of primary amides is 1. The number of carbonyl (C=O) groups excluding carboxylic acids is 1. The van der Waals surface area contributed by atoms with Gasteiger partial charge in [0.05, 0.1) is 5.54 Å². The first-order chi connectivity index (χ1) is 8.85. The van der Waals surface area contributed by atoms with E-state index in [4.69, 9.17) is 5.73 Å². The second-order valence-corrected chi connectivity index (χ2v) is 6.23. The highest BCUT2D eigenvalue weighted by Gasteiger charge is 2.30. The van der Waals surface area contributed by atoms with E-state index in [1.165, 1.54) is 0 Å². The summed E-state index contributed by atoms with van der Waals surface area (Å²) >= 11 is 1.63. The van der Waals surface area contributed by atoms with Crippen LogP contribution in [0, 0.1) is 0 Å². The number of thioether (sulfide) groups is 1. The lowest BCUT2D eigenvalue weighted by Gasteiger charge is -2.29. The zero-order valence-corrected chi connectivity index (χ0v) is 12.8. The number of aromatic nitrogens is 3. The molecule has 0 aliphatic carbocycles. The van der Waals surface area contributed by atoms with Crippen LogP contribution in [0.15, 0.2) is 11.5 Å². The molecule has 0 bridgehead atoms. The highest BCUT2D eigenvalue weighted by Crippen LogP contribution is 2.19. The fourth-order valence-electron chi connectivity index (χ4n) is 1.90. The van der Waals surface area contributed by atoms with Crippen molar-refractivity contribution in [3.05, 3.63) is 6.33 Å². The van der Waals surface area contributed by atoms with E-state index in [1.54, 1.807) is 18.1 Å². The van der Waals surface area contributed by atoms with Crippen LogP contribution >= 0.6 is 11.8 Å². The Labute approximate surface area is 118 Å². The number of rotatable bonds is 8. The molecule has 0 aliphatic heterocycles. The molecule has 6 nitrogen and oxygen atoms in total. The Morgan fingerprint density at radius 2 is 2.32 bits per heavy atom. The monoisotopic (exact) mass is 285 g/mol. The molecule has 1 unspecified atom stereocenters. The molecule has 0 aliphatic rings. The van der Waals surface area contributed by atoms with Crippen molar-refractivity contribution in [2.24, 2.45) is 12.8 Å². The lowest BCUT2D eigenvalue weighted by molar-refractivity contribution is -0.124. The Hall–Kier alpha value is -1.08. The van der Waals surface area contributed by atoms with Crippen LogP contribution in [0.4, 0.5) is 0 Å². The van der Waals surface area contributed by atoms with E-state index in [0.29, 0.717) is 6.42 Å². The Morgan fingerprint density at radius 1 is 1.63 bits per heavy atom. The molecule has 7 heteroatoms. The Balaban J connectivity index is 2.41. The minimum absolute atomic E-state index is 0.226. The second-order valence-electron chi connectivity index (χ2n) is 5.17. The fourth-order valence-corrected chi connectivity index (χ4v) is 2.72. The average molecular weight is 285 g/mol. The smallest absolute Gasteiger partial charge is 0.237 e. The molecule has 1 aromatic heterocycles. The summed E-state index contributed by atoms with van der Waals surface area (Å²) in [5, 5.41) is 12.0. The normalized spacial score (nSPS) is 14.6. The molecule has 1 rings (SSSR count). The van der Waals surface area contributed by atoms with E-state index in [0.717, 1.165) is 17.3 Å². The molecule has 0 saturated heterocycles. The number of amides is 1. The molecule has 3 N–H and O–H groups in total. The van der Waals surface area contributed by atoms with Gasteiger partial charge in [-0.1, -0.05) is 11.8 Å². The van der Waals surface area contributed by atoms with Gasteiger partial charge in [-0.3, -0.25) is 4.79 Å². The van der Waals surface area contributed by atoms with Crippen molar-refractivity contribution < 1.29 is 4.79 Å². The van der Waals surface area contributed by atoms with Gasteiger partial charge >= 0.3 is 0 Å². The molecule has 0 spiro atoms. The molecule has 1 amide bonds. The van der Waals surface area contributed by atoms with Gasteiger partial charge in [-0.15, -0.1) is 10.2 Å². The van der Waals surface area contributed by atoms with Crippen molar-refractivity contribution in [3.8, 4) is 0 Å². The lowest BCUT2D eigenvalue weighted by atomic mass is 9.94. The summed E-state index contributed by atoms with van der Waals surface area (Å²) in [6.45, 7) is 5.88. The first-order valence-electron chi connectivity index (χ1n) is 6.39. The average Bonchev–Trinajstić information content (AvgIpc) is 2.69. The van der Waals surface area contributed by atoms with Gasteiger partial charge in [0.25, 0.3) is 0 Å². The molecule has 0 aromatic carbocycles. The van der Waals surface area contributed by atoms with Crippen LogP contribution in [0.3, 0.4) is 0 Å². The van der Waals surface area contributed by atoms with E-state index in [2.05, 4.69) is 15.5 Å².